The predicted octanol–water partition coefficient (Wildman–Crippen LogP) is 2.54. The second-order valence-electron chi connectivity index (χ2n) is 4.40. The molecule has 4 nitrogen and oxygen atoms in total. The summed E-state index contributed by atoms with van der Waals surface area (Å²) in [6.07, 6.45) is -4.11. The van der Waals surface area contributed by atoms with Gasteiger partial charge in [-0.25, -0.2) is 4.98 Å². The van der Waals surface area contributed by atoms with Crippen LogP contribution in [0.3, 0.4) is 0 Å². The first-order valence-electron chi connectivity index (χ1n) is 5.63. The fourth-order valence-corrected chi connectivity index (χ4v) is 1.33. The van der Waals surface area contributed by atoms with Crippen LogP contribution in [0.4, 0.5) is 19.0 Å². The van der Waals surface area contributed by atoms with Gasteiger partial charge in [-0.05, 0) is 25.5 Å². The maximum Gasteiger partial charge on any atom is 0.433 e. The molecule has 0 spiro atoms. The first-order valence-corrected chi connectivity index (χ1v) is 5.63. The third kappa shape index (κ3) is 3.58. The zero-order valence-electron chi connectivity index (χ0n) is 10.5. The molecule has 1 rings (SSSR count). The van der Waals surface area contributed by atoms with Crippen LogP contribution in [0.1, 0.15) is 31.5 Å². The highest BCUT2D eigenvalue weighted by molar-refractivity contribution is 5.54. The molecule has 0 bridgehead atoms. The van der Waals surface area contributed by atoms with Crippen molar-refractivity contribution in [2.75, 3.05) is 11.9 Å². The largest absolute Gasteiger partial charge is 0.433 e. The van der Waals surface area contributed by atoms with Gasteiger partial charge in [0, 0.05) is 0 Å². The molecule has 0 aromatic carbocycles. The number of halogens is 3. The van der Waals surface area contributed by atoms with Crippen molar-refractivity contribution in [2.24, 2.45) is 0 Å². The average Bonchev–Trinajstić information content (AvgIpc) is 2.37. The van der Waals surface area contributed by atoms with Gasteiger partial charge in [-0.3, -0.25) is 0 Å². The molecule has 1 unspecified atom stereocenters. The van der Waals surface area contributed by atoms with Crippen molar-refractivity contribution in [2.45, 2.75) is 32.0 Å². The van der Waals surface area contributed by atoms with Gasteiger partial charge in [-0.15, -0.1) is 0 Å². The van der Waals surface area contributed by atoms with E-state index in [1.807, 2.05) is 0 Å². The van der Waals surface area contributed by atoms with E-state index in [2.05, 4.69) is 10.3 Å². The Morgan fingerprint density at radius 2 is 2.05 bits per heavy atom. The van der Waals surface area contributed by atoms with Gasteiger partial charge in [-0.2, -0.15) is 18.4 Å². The van der Waals surface area contributed by atoms with Crippen molar-refractivity contribution >= 4 is 5.82 Å². The minimum absolute atomic E-state index is 0.00104. The highest BCUT2D eigenvalue weighted by Crippen LogP contribution is 2.30. The van der Waals surface area contributed by atoms with Gasteiger partial charge < -0.3 is 10.4 Å². The second kappa shape index (κ2) is 5.45. The topological polar surface area (TPSA) is 68.9 Å². The molecule has 2 N–H and O–H groups in total. The molecule has 1 aromatic heterocycles. The number of anilines is 1. The van der Waals surface area contributed by atoms with Crippen LogP contribution in [0.5, 0.6) is 0 Å². The minimum Gasteiger partial charge on any atom is -0.394 e. The summed E-state index contributed by atoms with van der Waals surface area (Å²) in [5.74, 6) is -0.171. The molecule has 0 amide bonds. The van der Waals surface area contributed by atoms with Gasteiger partial charge in [0.05, 0.1) is 17.7 Å². The zero-order chi connectivity index (χ0) is 14.7. The van der Waals surface area contributed by atoms with Gasteiger partial charge in [0.1, 0.15) is 17.6 Å². The standard InChI is InChI=1S/C12H14F3N3O/c1-3-11(2,7-19)18-10-8(6-16)4-5-9(17-10)12(13,14)15/h4-5,19H,3,7H2,1-2H3,(H,17,18). The first-order chi connectivity index (χ1) is 8.75. The Morgan fingerprint density at radius 3 is 2.47 bits per heavy atom. The fourth-order valence-electron chi connectivity index (χ4n) is 1.33. The van der Waals surface area contributed by atoms with Crippen LogP contribution in [-0.4, -0.2) is 22.2 Å². The number of pyridine rings is 1. The minimum atomic E-state index is -4.58. The Balaban J connectivity index is 3.22. The number of rotatable bonds is 4. The van der Waals surface area contributed by atoms with Gasteiger partial charge in [-0.1, -0.05) is 6.92 Å². The average molecular weight is 273 g/mol. The maximum atomic E-state index is 12.6. The van der Waals surface area contributed by atoms with E-state index in [1.165, 1.54) is 0 Å². The van der Waals surface area contributed by atoms with E-state index in [1.54, 1.807) is 19.9 Å². The number of alkyl halides is 3. The van der Waals surface area contributed by atoms with Crippen molar-refractivity contribution in [1.82, 2.24) is 4.98 Å². The molecular weight excluding hydrogens is 259 g/mol. The molecule has 0 saturated heterocycles. The molecular formula is C12H14F3N3O. The lowest BCUT2D eigenvalue weighted by molar-refractivity contribution is -0.141. The SMILES string of the molecule is CCC(C)(CO)Nc1nc(C(F)(F)F)ccc1C#N. The Kier molecular flexibility index (Phi) is 4.37. The Hall–Kier alpha value is -1.81. The third-order valence-corrected chi connectivity index (χ3v) is 2.86. The highest BCUT2D eigenvalue weighted by Gasteiger charge is 2.33. The molecule has 1 atom stereocenters. The third-order valence-electron chi connectivity index (χ3n) is 2.86. The summed E-state index contributed by atoms with van der Waals surface area (Å²) >= 11 is 0. The van der Waals surface area contributed by atoms with Gasteiger partial charge in [0.15, 0.2) is 0 Å². The summed E-state index contributed by atoms with van der Waals surface area (Å²) in [5.41, 5.74) is -1.91. The Labute approximate surface area is 108 Å². The molecule has 104 valence electrons. The summed E-state index contributed by atoms with van der Waals surface area (Å²) in [4.78, 5) is 3.43. The van der Waals surface area contributed by atoms with Crippen LogP contribution in [-0.2, 0) is 6.18 Å². The highest BCUT2D eigenvalue weighted by atomic mass is 19.4. The summed E-state index contributed by atoms with van der Waals surface area (Å²) in [7, 11) is 0. The van der Waals surface area contributed by atoms with Crippen molar-refractivity contribution in [3.8, 4) is 6.07 Å². The monoisotopic (exact) mass is 273 g/mol. The molecule has 1 aromatic rings. The molecule has 0 aliphatic rings. The number of nitrogens with one attached hydrogen (secondary N) is 1. The van der Waals surface area contributed by atoms with Crippen molar-refractivity contribution in [3.63, 3.8) is 0 Å². The molecule has 0 aliphatic carbocycles. The molecule has 0 radical (unpaired) electrons. The zero-order valence-corrected chi connectivity index (χ0v) is 10.5. The second-order valence-corrected chi connectivity index (χ2v) is 4.40. The lowest BCUT2D eigenvalue weighted by Gasteiger charge is -2.28. The number of hydrogen-bond donors (Lipinski definition) is 2. The van der Waals surface area contributed by atoms with E-state index in [4.69, 9.17) is 5.26 Å². The van der Waals surface area contributed by atoms with E-state index < -0.39 is 17.4 Å². The lowest BCUT2D eigenvalue weighted by Crippen LogP contribution is -2.38. The van der Waals surface area contributed by atoms with Gasteiger partial charge in [0.2, 0.25) is 0 Å². The molecule has 7 heteroatoms. The maximum absolute atomic E-state index is 12.6. The van der Waals surface area contributed by atoms with Crippen molar-refractivity contribution < 1.29 is 18.3 Å². The van der Waals surface area contributed by atoms with Crippen LogP contribution in [0.25, 0.3) is 0 Å². The Bertz CT molecular complexity index is 490. The molecule has 19 heavy (non-hydrogen) atoms. The van der Waals surface area contributed by atoms with Gasteiger partial charge in [0.25, 0.3) is 0 Å². The van der Waals surface area contributed by atoms with E-state index in [-0.39, 0.29) is 18.0 Å². The van der Waals surface area contributed by atoms with Crippen LogP contribution in [0.15, 0.2) is 12.1 Å². The number of aliphatic hydroxyl groups is 1. The lowest BCUT2D eigenvalue weighted by atomic mass is 10.00. The van der Waals surface area contributed by atoms with Gasteiger partial charge >= 0.3 is 6.18 Å². The summed E-state index contributed by atoms with van der Waals surface area (Å²) in [6, 6.07) is 3.59. The quantitative estimate of drug-likeness (QED) is 0.884. The predicted molar refractivity (Wildman–Crippen MR) is 63.4 cm³/mol. The van der Waals surface area contributed by atoms with Crippen LogP contribution in [0.2, 0.25) is 0 Å². The van der Waals surface area contributed by atoms with Crippen molar-refractivity contribution in [3.05, 3.63) is 23.4 Å². The number of hydrogen-bond acceptors (Lipinski definition) is 4. The van der Waals surface area contributed by atoms with E-state index in [0.717, 1.165) is 12.1 Å². The smallest absolute Gasteiger partial charge is 0.394 e. The summed E-state index contributed by atoms with van der Waals surface area (Å²) < 4.78 is 37.7. The van der Waals surface area contributed by atoms with E-state index >= 15 is 0 Å². The van der Waals surface area contributed by atoms with Crippen molar-refractivity contribution in [1.29, 1.82) is 5.26 Å². The number of aromatic nitrogens is 1. The van der Waals surface area contributed by atoms with E-state index in [9.17, 15) is 18.3 Å². The number of aliphatic hydroxyl groups excluding tert-OH is 1. The normalized spacial score (nSPS) is 14.6. The molecule has 0 aliphatic heterocycles. The number of nitriles is 1. The molecule has 1 heterocycles. The molecule has 0 fully saturated rings. The first kappa shape index (κ1) is 15.2. The van der Waals surface area contributed by atoms with Crippen LogP contribution < -0.4 is 5.32 Å². The van der Waals surface area contributed by atoms with E-state index in [0.29, 0.717) is 6.42 Å². The van der Waals surface area contributed by atoms with Crippen LogP contribution in [0, 0.1) is 11.3 Å². The summed E-state index contributed by atoms with van der Waals surface area (Å²) in [6.45, 7) is 3.12. The summed E-state index contributed by atoms with van der Waals surface area (Å²) in [5, 5.41) is 20.8. The number of nitrogens with zero attached hydrogens (tertiary/aromatic N) is 2. The Morgan fingerprint density at radius 1 is 1.42 bits per heavy atom. The van der Waals surface area contributed by atoms with Crippen LogP contribution >= 0.6 is 0 Å². The fraction of sp³-hybridized carbons (Fsp3) is 0.500. The molecule has 0 saturated carbocycles.